The molecule has 0 spiro atoms. The Morgan fingerprint density at radius 1 is 1.60 bits per heavy atom. The second kappa shape index (κ2) is 5.97. The summed E-state index contributed by atoms with van der Waals surface area (Å²) in [4.78, 5) is 18.5. The van der Waals surface area contributed by atoms with Gasteiger partial charge < -0.3 is 0 Å². The van der Waals surface area contributed by atoms with Gasteiger partial charge in [-0.3, -0.25) is 4.79 Å². The van der Waals surface area contributed by atoms with Crippen LogP contribution in [0.1, 0.15) is 6.92 Å². The predicted molar refractivity (Wildman–Crippen MR) is 36.4 cm³/mol. The minimum Gasteiger partial charge on any atom is -0.295 e. The van der Waals surface area contributed by atoms with E-state index in [2.05, 4.69) is 15.0 Å². The van der Waals surface area contributed by atoms with Crippen molar-refractivity contribution in [2.45, 2.75) is 6.92 Å². The number of hydrogen-bond acceptors (Lipinski definition) is 4. The average Bonchev–Trinajstić information content (AvgIpc) is 1.87. The predicted octanol–water partition coefficient (Wildman–Crippen LogP) is 0.695. The fourth-order valence-corrected chi connectivity index (χ4v) is 0.282. The Kier molecular flexibility index (Phi) is 5.28. The van der Waals surface area contributed by atoms with E-state index in [9.17, 15) is 4.79 Å². The van der Waals surface area contributed by atoms with Crippen molar-refractivity contribution in [1.29, 1.82) is 0 Å². The SMILES string of the molecule is COO/N=C/C=C/C(C)=O. The zero-order valence-electron chi connectivity index (χ0n) is 5.90. The molecule has 0 aromatic carbocycles. The number of allylic oxidation sites excluding steroid dienone is 2. The van der Waals surface area contributed by atoms with E-state index >= 15 is 0 Å². The van der Waals surface area contributed by atoms with Crippen LogP contribution in [-0.4, -0.2) is 19.1 Å². The third-order valence-electron chi connectivity index (χ3n) is 0.595. The standard InChI is InChI=1S/C6H9NO3/c1-6(8)4-3-5-7-10-9-2/h3-5H,1-2H3/b4-3+,7-5+. The molecular formula is C6H9NO3. The van der Waals surface area contributed by atoms with Crippen LogP contribution in [-0.2, 0) is 14.7 Å². The Balaban J connectivity index is 3.42. The third kappa shape index (κ3) is 6.84. The lowest BCUT2D eigenvalue weighted by Crippen LogP contribution is -1.81. The van der Waals surface area contributed by atoms with Crippen LogP contribution in [0, 0.1) is 0 Å². The van der Waals surface area contributed by atoms with Crippen LogP contribution in [0.5, 0.6) is 0 Å². The zero-order chi connectivity index (χ0) is 7.82. The Labute approximate surface area is 59.0 Å². The van der Waals surface area contributed by atoms with Crippen LogP contribution in [0.2, 0.25) is 0 Å². The topological polar surface area (TPSA) is 47.9 Å². The molecule has 0 unspecified atom stereocenters. The molecule has 0 aliphatic heterocycles. The molecule has 0 N–H and O–H groups in total. The minimum atomic E-state index is -0.0381. The second-order valence-corrected chi connectivity index (χ2v) is 1.47. The van der Waals surface area contributed by atoms with Gasteiger partial charge >= 0.3 is 0 Å². The van der Waals surface area contributed by atoms with Crippen LogP contribution >= 0.6 is 0 Å². The molecule has 0 amide bonds. The largest absolute Gasteiger partial charge is 0.295 e. The van der Waals surface area contributed by atoms with Gasteiger partial charge in [-0.2, -0.15) is 4.89 Å². The Bertz CT molecular complexity index is 151. The molecule has 0 aliphatic rings. The highest BCUT2D eigenvalue weighted by atomic mass is 17.3. The molecule has 0 bridgehead atoms. The summed E-state index contributed by atoms with van der Waals surface area (Å²) in [5.74, 6) is -0.0381. The van der Waals surface area contributed by atoms with Crippen molar-refractivity contribution >= 4 is 12.0 Å². The maximum absolute atomic E-state index is 10.3. The van der Waals surface area contributed by atoms with Crippen molar-refractivity contribution in [3.05, 3.63) is 12.2 Å². The lowest BCUT2D eigenvalue weighted by atomic mass is 10.4. The van der Waals surface area contributed by atoms with E-state index in [0.717, 1.165) is 0 Å². The molecule has 0 aliphatic carbocycles. The molecule has 0 saturated carbocycles. The van der Waals surface area contributed by atoms with Crippen LogP contribution in [0.4, 0.5) is 0 Å². The number of carbonyl (C=O) groups excluding carboxylic acids is 1. The van der Waals surface area contributed by atoms with Crippen molar-refractivity contribution < 1.29 is 14.7 Å². The molecule has 0 aromatic heterocycles. The molecule has 4 heteroatoms. The Hall–Kier alpha value is -1.16. The van der Waals surface area contributed by atoms with E-state index < -0.39 is 0 Å². The van der Waals surface area contributed by atoms with Crippen LogP contribution in [0.15, 0.2) is 17.3 Å². The highest BCUT2D eigenvalue weighted by molar-refractivity contribution is 5.91. The number of ketones is 1. The third-order valence-corrected chi connectivity index (χ3v) is 0.595. The first-order chi connectivity index (χ1) is 4.77. The molecular weight excluding hydrogens is 134 g/mol. The van der Waals surface area contributed by atoms with Gasteiger partial charge in [-0.15, -0.1) is 0 Å². The number of nitrogens with zero attached hydrogens (tertiary/aromatic N) is 1. The quantitative estimate of drug-likeness (QED) is 0.252. The van der Waals surface area contributed by atoms with Gasteiger partial charge in [0.1, 0.15) is 0 Å². The zero-order valence-corrected chi connectivity index (χ0v) is 5.90. The van der Waals surface area contributed by atoms with Crippen LogP contribution in [0.25, 0.3) is 0 Å². The normalized spacial score (nSPS) is 11.0. The van der Waals surface area contributed by atoms with E-state index in [1.165, 1.54) is 32.4 Å². The van der Waals surface area contributed by atoms with Gasteiger partial charge in [-0.1, -0.05) is 5.16 Å². The lowest BCUT2D eigenvalue weighted by molar-refractivity contribution is -0.272. The van der Waals surface area contributed by atoms with Gasteiger partial charge in [0.15, 0.2) is 5.78 Å². The number of oxime groups is 1. The highest BCUT2D eigenvalue weighted by Gasteiger charge is 1.76. The monoisotopic (exact) mass is 143 g/mol. The van der Waals surface area contributed by atoms with Crippen LogP contribution < -0.4 is 0 Å². The average molecular weight is 143 g/mol. The summed E-state index contributed by atoms with van der Waals surface area (Å²) >= 11 is 0. The fourth-order valence-electron chi connectivity index (χ4n) is 0.282. The number of rotatable bonds is 4. The molecule has 0 aromatic rings. The molecule has 0 fully saturated rings. The van der Waals surface area contributed by atoms with E-state index in [1.54, 1.807) is 0 Å². The van der Waals surface area contributed by atoms with Crippen molar-refractivity contribution in [3.8, 4) is 0 Å². The summed E-state index contributed by atoms with van der Waals surface area (Å²) in [6.45, 7) is 1.45. The lowest BCUT2D eigenvalue weighted by Gasteiger charge is -1.84. The van der Waals surface area contributed by atoms with Gasteiger partial charge in [-0.05, 0) is 19.1 Å². The molecule has 0 saturated heterocycles. The minimum absolute atomic E-state index is 0.0381. The van der Waals surface area contributed by atoms with E-state index in [0.29, 0.717) is 0 Å². The smallest absolute Gasteiger partial charge is 0.152 e. The first kappa shape index (κ1) is 8.84. The first-order valence-corrected chi connectivity index (χ1v) is 2.68. The first-order valence-electron chi connectivity index (χ1n) is 2.68. The summed E-state index contributed by atoms with van der Waals surface area (Å²) < 4.78 is 0. The molecule has 56 valence electrons. The maximum atomic E-state index is 10.3. The van der Waals surface area contributed by atoms with Gasteiger partial charge in [0, 0.05) is 0 Å². The van der Waals surface area contributed by atoms with Gasteiger partial charge in [-0.25, -0.2) is 4.99 Å². The Morgan fingerprint density at radius 2 is 2.30 bits per heavy atom. The van der Waals surface area contributed by atoms with Crippen molar-refractivity contribution in [2.24, 2.45) is 5.16 Å². The van der Waals surface area contributed by atoms with Crippen LogP contribution in [0.3, 0.4) is 0 Å². The fraction of sp³-hybridized carbons (Fsp3) is 0.333. The van der Waals surface area contributed by atoms with Crippen molar-refractivity contribution in [3.63, 3.8) is 0 Å². The summed E-state index contributed by atoms with van der Waals surface area (Å²) in [5, 5.41) is 3.28. The number of hydrogen-bond donors (Lipinski definition) is 0. The number of carbonyl (C=O) groups is 1. The summed E-state index contributed by atoms with van der Waals surface area (Å²) in [5.41, 5.74) is 0. The van der Waals surface area contributed by atoms with Gasteiger partial charge in [0.2, 0.25) is 0 Å². The molecule has 4 nitrogen and oxygen atoms in total. The van der Waals surface area contributed by atoms with Crippen molar-refractivity contribution in [2.75, 3.05) is 7.11 Å². The molecule has 0 atom stereocenters. The summed E-state index contributed by atoms with van der Waals surface area (Å²) in [6.07, 6.45) is 4.13. The van der Waals surface area contributed by atoms with E-state index in [4.69, 9.17) is 0 Å². The molecule has 0 rings (SSSR count). The van der Waals surface area contributed by atoms with E-state index in [-0.39, 0.29) is 5.78 Å². The van der Waals surface area contributed by atoms with Crippen molar-refractivity contribution in [1.82, 2.24) is 0 Å². The Morgan fingerprint density at radius 3 is 2.80 bits per heavy atom. The molecule has 0 heterocycles. The second-order valence-electron chi connectivity index (χ2n) is 1.47. The molecule has 10 heavy (non-hydrogen) atoms. The maximum Gasteiger partial charge on any atom is 0.152 e. The van der Waals surface area contributed by atoms with Gasteiger partial charge in [0.05, 0.1) is 13.3 Å². The highest BCUT2D eigenvalue weighted by Crippen LogP contribution is 1.74. The van der Waals surface area contributed by atoms with E-state index in [1.807, 2.05) is 0 Å². The summed E-state index contributed by atoms with van der Waals surface area (Å²) in [6, 6.07) is 0. The van der Waals surface area contributed by atoms with Gasteiger partial charge in [0.25, 0.3) is 0 Å². The summed E-state index contributed by atoms with van der Waals surface area (Å²) in [7, 11) is 1.34. The molecule has 0 radical (unpaired) electrons.